The fourth-order valence-electron chi connectivity index (χ4n) is 3.55. The molecule has 4 N–H and O–H groups in total. The van der Waals surface area contributed by atoms with Crippen molar-refractivity contribution in [1.29, 1.82) is 5.41 Å². The van der Waals surface area contributed by atoms with Crippen LogP contribution in [0.25, 0.3) is 11.1 Å². The summed E-state index contributed by atoms with van der Waals surface area (Å²) in [6, 6.07) is 17.0. The number of methoxy groups -OCH3 is 1. The molecular formula is C25H27ClN4O4. The number of hydrogen-bond donors (Lipinski definition) is 3. The molecule has 0 spiro atoms. The van der Waals surface area contributed by atoms with E-state index in [-0.39, 0.29) is 24.1 Å². The lowest BCUT2D eigenvalue weighted by molar-refractivity contribution is -0.605. The number of nitrogens with one attached hydrogen (secondary N) is 2. The van der Waals surface area contributed by atoms with Crippen LogP contribution in [0.3, 0.4) is 0 Å². The predicted octanol–water partition coefficient (Wildman–Crippen LogP) is 2.84. The molecule has 2 aromatic carbocycles. The van der Waals surface area contributed by atoms with E-state index in [0.29, 0.717) is 22.3 Å². The minimum absolute atomic E-state index is 0. The second-order valence-electron chi connectivity index (χ2n) is 7.73. The van der Waals surface area contributed by atoms with Gasteiger partial charge < -0.3 is 21.0 Å². The maximum Gasteiger partial charge on any atom is 0.311 e. The zero-order valence-electron chi connectivity index (χ0n) is 18.9. The molecule has 1 heterocycles. The van der Waals surface area contributed by atoms with E-state index >= 15 is 0 Å². The highest BCUT2D eigenvalue weighted by Gasteiger charge is 2.28. The number of nitrogens with two attached hydrogens (primary N) is 1. The molecule has 3 rings (SSSR count). The Labute approximate surface area is 204 Å². The summed E-state index contributed by atoms with van der Waals surface area (Å²) >= 11 is 0. The second kappa shape index (κ2) is 11.8. The van der Waals surface area contributed by atoms with Gasteiger partial charge in [0.1, 0.15) is 5.84 Å². The monoisotopic (exact) mass is 482 g/mol. The molecule has 0 radical (unpaired) electrons. The molecule has 0 fully saturated rings. The van der Waals surface area contributed by atoms with Crippen LogP contribution in [-0.2, 0) is 16.0 Å². The molecule has 0 aliphatic heterocycles. The Bertz CT molecular complexity index is 1150. The Morgan fingerprint density at radius 3 is 2.26 bits per heavy atom. The SMILES string of the molecule is COC(=O)C(Cc1cccc(C(=N)N)c1)C(C)NC(=O)c1ccc(-c2cc[n+]([O-])cc2)cc1.Cl. The van der Waals surface area contributed by atoms with Crippen LogP contribution in [-0.4, -0.2) is 30.9 Å². The van der Waals surface area contributed by atoms with E-state index in [1.165, 1.54) is 19.5 Å². The van der Waals surface area contributed by atoms with Gasteiger partial charge in [0.05, 0.1) is 13.0 Å². The molecule has 0 aliphatic rings. The summed E-state index contributed by atoms with van der Waals surface area (Å²) in [4.78, 5) is 25.3. The third-order valence-corrected chi connectivity index (χ3v) is 5.44. The van der Waals surface area contributed by atoms with Crippen molar-refractivity contribution in [3.63, 3.8) is 0 Å². The number of nitrogen functional groups attached to an aromatic ring is 1. The Balaban J connectivity index is 0.00000408. The van der Waals surface area contributed by atoms with E-state index < -0.39 is 17.9 Å². The van der Waals surface area contributed by atoms with Crippen molar-refractivity contribution < 1.29 is 19.1 Å². The number of benzene rings is 2. The van der Waals surface area contributed by atoms with Crippen molar-refractivity contribution in [3.05, 3.63) is 95.0 Å². The van der Waals surface area contributed by atoms with E-state index in [9.17, 15) is 14.8 Å². The first kappa shape index (κ1) is 26.3. The van der Waals surface area contributed by atoms with Crippen molar-refractivity contribution in [2.45, 2.75) is 19.4 Å². The highest BCUT2D eigenvalue weighted by molar-refractivity contribution is 5.95. The Kier molecular flexibility index (Phi) is 9.15. The van der Waals surface area contributed by atoms with Gasteiger partial charge in [-0.25, -0.2) is 0 Å². The molecule has 3 aromatic rings. The molecule has 0 bridgehead atoms. The predicted molar refractivity (Wildman–Crippen MR) is 132 cm³/mol. The van der Waals surface area contributed by atoms with Gasteiger partial charge in [-0.2, -0.15) is 4.73 Å². The number of aromatic nitrogens is 1. The van der Waals surface area contributed by atoms with Gasteiger partial charge in [-0.05, 0) is 48.2 Å². The van der Waals surface area contributed by atoms with Gasteiger partial charge in [-0.15, -0.1) is 12.4 Å². The molecular weight excluding hydrogens is 456 g/mol. The minimum atomic E-state index is -0.622. The van der Waals surface area contributed by atoms with Crippen LogP contribution in [0.5, 0.6) is 0 Å². The van der Waals surface area contributed by atoms with E-state index in [1.807, 2.05) is 6.07 Å². The van der Waals surface area contributed by atoms with Crippen LogP contribution in [0.1, 0.15) is 28.4 Å². The van der Waals surface area contributed by atoms with Gasteiger partial charge >= 0.3 is 5.97 Å². The lowest BCUT2D eigenvalue weighted by Crippen LogP contribution is -2.42. The van der Waals surface area contributed by atoms with Crippen LogP contribution in [0.4, 0.5) is 0 Å². The number of hydrogen-bond acceptors (Lipinski definition) is 5. The summed E-state index contributed by atoms with van der Waals surface area (Å²) < 4.78 is 5.67. The number of carbonyl (C=O) groups excluding carboxylic acids is 2. The highest BCUT2D eigenvalue weighted by atomic mass is 35.5. The zero-order valence-corrected chi connectivity index (χ0v) is 19.7. The number of carbonyl (C=O) groups is 2. The highest BCUT2D eigenvalue weighted by Crippen LogP contribution is 2.20. The summed E-state index contributed by atoms with van der Waals surface area (Å²) in [5, 5.41) is 21.7. The molecule has 0 saturated carbocycles. The topological polar surface area (TPSA) is 132 Å². The largest absolute Gasteiger partial charge is 0.619 e. The summed E-state index contributed by atoms with van der Waals surface area (Å²) in [7, 11) is 1.31. The maximum atomic E-state index is 12.8. The fraction of sp³-hybridized carbons (Fsp3) is 0.200. The number of rotatable bonds is 8. The number of amidine groups is 1. The van der Waals surface area contributed by atoms with E-state index in [1.54, 1.807) is 61.5 Å². The lowest BCUT2D eigenvalue weighted by Gasteiger charge is -2.23. The average molecular weight is 483 g/mol. The first-order valence-corrected chi connectivity index (χ1v) is 10.4. The Morgan fingerprint density at radius 1 is 1.06 bits per heavy atom. The van der Waals surface area contributed by atoms with Gasteiger partial charge in [0, 0.05) is 29.3 Å². The fourth-order valence-corrected chi connectivity index (χ4v) is 3.55. The molecule has 0 saturated heterocycles. The summed E-state index contributed by atoms with van der Waals surface area (Å²) in [6.07, 6.45) is 3.15. The van der Waals surface area contributed by atoms with E-state index in [0.717, 1.165) is 16.7 Å². The van der Waals surface area contributed by atoms with Crippen molar-refractivity contribution in [3.8, 4) is 11.1 Å². The molecule has 1 aromatic heterocycles. The van der Waals surface area contributed by atoms with Gasteiger partial charge in [-0.1, -0.05) is 30.3 Å². The first-order valence-electron chi connectivity index (χ1n) is 10.4. The Morgan fingerprint density at radius 2 is 1.68 bits per heavy atom. The van der Waals surface area contributed by atoms with Crippen LogP contribution >= 0.6 is 12.4 Å². The van der Waals surface area contributed by atoms with E-state index in [2.05, 4.69) is 5.32 Å². The summed E-state index contributed by atoms with van der Waals surface area (Å²) in [5.41, 5.74) is 9.12. The third-order valence-electron chi connectivity index (χ3n) is 5.44. The van der Waals surface area contributed by atoms with E-state index in [4.69, 9.17) is 15.9 Å². The van der Waals surface area contributed by atoms with Crippen LogP contribution in [0, 0.1) is 16.5 Å². The number of esters is 1. The lowest BCUT2D eigenvalue weighted by atomic mass is 9.92. The van der Waals surface area contributed by atoms with Gasteiger partial charge in [-0.3, -0.25) is 15.0 Å². The molecule has 2 unspecified atom stereocenters. The number of amides is 1. The molecule has 34 heavy (non-hydrogen) atoms. The van der Waals surface area contributed by atoms with Crippen LogP contribution in [0.2, 0.25) is 0 Å². The summed E-state index contributed by atoms with van der Waals surface area (Å²) in [6.45, 7) is 1.75. The average Bonchev–Trinajstić information content (AvgIpc) is 2.82. The van der Waals surface area contributed by atoms with Crippen LogP contribution < -0.4 is 15.8 Å². The molecule has 1 amide bonds. The van der Waals surface area contributed by atoms with Crippen LogP contribution in [0.15, 0.2) is 73.1 Å². The maximum absolute atomic E-state index is 12.8. The van der Waals surface area contributed by atoms with Gasteiger partial charge in [0.15, 0.2) is 12.4 Å². The molecule has 9 heteroatoms. The van der Waals surface area contributed by atoms with Crippen molar-refractivity contribution in [2.24, 2.45) is 11.7 Å². The smallest absolute Gasteiger partial charge is 0.311 e. The second-order valence-corrected chi connectivity index (χ2v) is 7.73. The van der Waals surface area contributed by atoms with Gasteiger partial charge in [0.25, 0.3) is 5.91 Å². The normalized spacial score (nSPS) is 12.1. The quantitative estimate of drug-likeness (QED) is 0.149. The number of nitrogens with zero attached hydrogens (tertiary/aromatic N) is 1. The van der Waals surface area contributed by atoms with Gasteiger partial charge in [0.2, 0.25) is 0 Å². The molecule has 2 atom stereocenters. The minimum Gasteiger partial charge on any atom is -0.619 e. The Hall–Kier alpha value is -3.91. The molecule has 8 nitrogen and oxygen atoms in total. The van der Waals surface area contributed by atoms with Crippen molar-refractivity contribution in [1.82, 2.24) is 5.32 Å². The standard InChI is InChI=1S/C25H26N4O4.ClH/c1-16(22(25(31)33-2)15-17-4-3-5-21(14-17)23(26)27)28-24(30)20-8-6-18(7-9-20)19-10-12-29(32)13-11-19;/h3-14,16,22H,15H2,1-2H3,(H3,26,27)(H,28,30);1H. The third kappa shape index (κ3) is 6.55. The number of pyridine rings is 1. The summed E-state index contributed by atoms with van der Waals surface area (Å²) in [5.74, 6) is -1.43. The zero-order chi connectivity index (χ0) is 24.0. The number of ether oxygens (including phenoxy) is 1. The molecule has 0 aliphatic carbocycles. The molecule has 178 valence electrons. The first-order chi connectivity index (χ1) is 15.8. The van der Waals surface area contributed by atoms with Crippen molar-refractivity contribution >= 4 is 30.1 Å². The number of halogens is 1. The van der Waals surface area contributed by atoms with Crippen molar-refractivity contribution in [2.75, 3.05) is 7.11 Å².